The van der Waals surface area contributed by atoms with E-state index < -0.39 is 0 Å². The standard InChI is InChI=1S/C13H13FN2O/c1-2-12(17)11-8-15-13(16-11)7-9-3-5-10(14)6-4-9/h3-6,8H,2,7H2,1H3,(H,15,16). The van der Waals surface area contributed by atoms with Gasteiger partial charge in [0.05, 0.1) is 6.20 Å². The number of benzene rings is 1. The van der Waals surface area contributed by atoms with Gasteiger partial charge in [-0.25, -0.2) is 9.37 Å². The van der Waals surface area contributed by atoms with Crippen LogP contribution in [0.15, 0.2) is 30.5 Å². The Morgan fingerprint density at radius 1 is 1.35 bits per heavy atom. The van der Waals surface area contributed by atoms with Crippen molar-refractivity contribution in [2.75, 3.05) is 0 Å². The van der Waals surface area contributed by atoms with Crippen LogP contribution in [0.4, 0.5) is 4.39 Å². The summed E-state index contributed by atoms with van der Waals surface area (Å²) in [5.41, 5.74) is 1.49. The third-order valence-electron chi connectivity index (χ3n) is 2.53. The zero-order valence-electron chi connectivity index (χ0n) is 9.53. The van der Waals surface area contributed by atoms with Crippen LogP contribution in [-0.4, -0.2) is 15.8 Å². The SMILES string of the molecule is CCC(=O)c1cnc(Cc2ccc(F)cc2)[nH]1. The monoisotopic (exact) mass is 232 g/mol. The molecule has 1 N–H and O–H groups in total. The minimum absolute atomic E-state index is 0.0443. The van der Waals surface area contributed by atoms with Gasteiger partial charge in [0.1, 0.15) is 17.3 Å². The van der Waals surface area contributed by atoms with Crippen LogP contribution >= 0.6 is 0 Å². The van der Waals surface area contributed by atoms with E-state index in [0.29, 0.717) is 24.4 Å². The number of Topliss-reactive ketones (excluding diaryl/α,β-unsaturated/α-hetero) is 1. The molecular formula is C13H13FN2O. The van der Waals surface area contributed by atoms with Crippen molar-refractivity contribution in [2.24, 2.45) is 0 Å². The Bertz CT molecular complexity index is 516. The van der Waals surface area contributed by atoms with Crippen molar-refractivity contribution in [2.45, 2.75) is 19.8 Å². The molecule has 17 heavy (non-hydrogen) atoms. The molecule has 88 valence electrons. The highest BCUT2D eigenvalue weighted by Crippen LogP contribution is 2.09. The minimum atomic E-state index is -0.255. The van der Waals surface area contributed by atoms with Crippen molar-refractivity contribution in [1.82, 2.24) is 9.97 Å². The van der Waals surface area contributed by atoms with Crippen LogP contribution in [0.5, 0.6) is 0 Å². The fourth-order valence-electron chi connectivity index (χ4n) is 1.58. The summed E-state index contributed by atoms with van der Waals surface area (Å²) >= 11 is 0. The number of halogens is 1. The number of imidazole rings is 1. The number of aromatic amines is 1. The van der Waals surface area contributed by atoms with Crippen LogP contribution in [0.2, 0.25) is 0 Å². The smallest absolute Gasteiger partial charge is 0.180 e. The third-order valence-corrected chi connectivity index (χ3v) is 2.53. The molecule has 3 nitrogen and oxygen atoms in total. The lowest BCUT2D eigenvalue weighted by Crippen LogP contribution is -1.97. The molecule has 1 aromatic heterocycles. The Kier molecular flexibility index (Phi) is 3.32. The lowest BCUT2D eigenvalue weighted by molar-refractivity contribution is 0.0984. The van der Waals surface area contributed by atoms with Crippen molar-refractivity contribution < 1.29 is 9.18 Å². The highest BCUT2D eigenvalue weighted by Gasteiger charge is 2.07. The predicted molar refractivity (Wildman–Crippen MR) is 62.4 cm³/mol. The first-order valence-electron chi connectivity index (χ1n) is 5.50. The van der Waals surface area contributed by atoms with Gasteiger partial charge in [0.25, 0.3) is 0 Å². The fraction of sp³-hybridized carbons (Fsp3) is 0.231. The Balaban J connectivity index is 2.11. The van der Waals surface area contributed by atoms with E-state index in [2.05, 4.69) is 9.97 Å². The molecule has 0 fully saturated rings. The van der Waals surface area contributed by atoms with Gasteiger partial charge >= 0.3 is 0 Å². The summed E-state index contributed by atoms with van der Waals surface area (Å²) < 4.78 is 12.7. The van der Waals surface area contributed by atoms with Gasteiger partial charge in [-0.2, -0.15) is 0 Å². The zero-order valence-corrected chi connectivity index (χ0v) is 9.53. The second-order valence-corrected chi connectivity index (χ2v) is 3.82. The Hall–Kier alpha value is -1.97. The van der Waals surface area contributed by atoms with E-state index >= 15 is 0 Å². The number of nitrogens with one attached hydrogen (secondary N) is 1. The summed E-state index contributed by atoms with van der Waals surface area (Å²) in [6, 6.07) is 6.24. The minimum Gasteiger partial charge on any atom is -0.339 e. The molecule has 1 aromatic carbocycles. The lowest BCUT2D eigenvalue weighted by atomic mass is 10.1. The van der Waals surface area contributed by atoms with Gasteiger partial charge in [0, 0.05) is 12.8 Å². The molecule has 0 aliphatic rings. The molecule has 1 heterocycles. The molecule has 2 rings (SSSR count). The van der Waals surface area contributed by atoms with Crippen molar-refractivity contribution in [3.63, 3.8) is 0 Å². The molecule has 0 aliphatic heterocycles. The van der Waals surface area contributed by atoms with Crippen LogP contribution < -0.4 is 0 Å². The van der Waals surface area contributed by atoms with Crippen molar-refractivity contribution in [1.29, 1.82) is 0 Å². The number of nitrogens with zero attached hydrogens (tertiary/aromatic N) is 1. The molecule has 0 saturated carbocycles. The van der Waals surface area contributed by atoms with E-state index in [1.165, 1.54) is 12.1 Å². The van der Waals surface area contributed by atoms with E-state index in [0.717, 1.165) is 5.56 Å². The quantitative estimate of drug-likeness (QED) is 0.824. The molecule has 0 atom stereocenters. The second-order valence-electron chi connectivity index (χ2n) is 3.82. The number of hydrogen-bond donors (Lipinski definition) is 1. The molecular weight excluding hydrogens is 219 g/mol. The molecule has 0 radical (unpaired) electrons. The van der Waals surface area contributed by atoms with Gasteiger partial charge in [-0.3, -0.25) is 4.79 Å². The maximum absolute atomic E-state index is 12.7. The molecule has 0 unspecified atom stereocenters. The molecule has 0 spiro atoms. The van der Waals surface area contributed by atoms with Crippen LogP contribution in [0.3, 0.4) is 0 Å². The summed E-state index contributed by atoms with van der Waals surface area (Å²) in [7, 11) is 0. The Labute approximate surface area is 98.7 Å². The van der Waals surface area contributed by atoms with Gasteiger partial charge in [-0.05, 0) is 17.7 Å². The van der Waals surface area contributed by atoms with E-state index in [9.17, 15) is 9.18 Å². The summed E-state index contributed by atoms with van der Waals surface area (Å²) in [5, 5.41) is 0. The summed E-state index contributed by atoms with van der Waals surface area (Å²) in [5.74, 6) is 0.506. The summed E-state index contributed by atoms with van der Waals surface area (Å²) in [4.78, 5) is 18.5. The van der Waals surface area contributed by atoms with E-state index in [1.807, 2.05) is 6.92 Å². The molecule has 2 aromatic rings. The lowest BCUT2D eigenvalue weighted by Gasteiger charge is -1.98. The molecule has 0 aliphatic carbocycles. The van der Waals surface area contributed by atoms with Crippen molar-refractivity contribution >= 4 is 5.78 Å². The molecule has 0 bridgehead atoms. The van der Waals surface area contributed by atoms with Gasteiger partial charge in [-0.15, -0.1) is 0 Å². The highest BCUT2D eigenvalue weighted by atomic mass is 19.1. The predicted octanol–water partition coefficient (Wildman–Crippen LogP) is 2.73. The third kappa shape index (κ3) is 2.78. The number of hydrogen-bond acceptors (Lipinski definition) is 2. The summed E-state index contributed by atoms with van der Waals surface area (Å²) in [6.45, 7) is 1.81. The number of aromatic nitrogens is 2. The Morgan fingerprint density at radius 2 is 2.06 bits per heavy atom. The van der Waals surface area contributed by atoms with Crippen LogP contribution in [0.1, 0.15) is 35.2 Å². The van der Waals surface area contributed by atoms with E-state index in [-0.39, 0.29) is 11.6 Å². The largest absolute Gasteiger partial charge is 0.339 e. The fourth-order valence-corrected chi connectivity index (χ4v) is 1.58. The number of H-pyrrole nitrogens is 1. The average molecular weight is 232 g/mol. The number of rotatable bonds is 4. The zero-order chi connectivity index (χ0) is 12.3. The number of carbonyl (C=O) groups is 1. The molecule has 0 saturated heterocycles. The normalized spacial score (nSPS) is 10.5. The number of carbonyl (C=O) groups excluding carboxylic acids is 1. The van der Waals surface area contributed by atoms with E-state index in [1.54, 1.807) is 18.3 Å². The maximum atomic E-state index is 12.7. The second kappa shape index (κ2) is 4.91. The van der Waals surface area contributed by atoms with Gasteiger partial charge < -0.3 is 4.98 Å². The first kappa shape index (κ1) is 11.5. The highest BCUT2D eigenvalue weighted by molar-refractivity contribution is 5.93. The topological polar surface area (TPSA) is 45.8 Å². The number of ketones is 1. The van der Waals surface area contributed by atoms with Crippen LogP contribution in [0, 0.1) is 5.82 Å². The van der Waals surface area contributed by atoms with Crippen LogP contribution in [-0.2, 0) is 6.42 Å². The first-order chi connectivity index (χ1) is 8.19. The molecule has 0 amide bonds. The average Bonchev–Trinajstić information content (AvgIpc) is 2.80. The van der Waals surface area contributed by atoms with Crippen LogP contribution in [0.25, 0.3) is 0 Å². The summed E-state index contributed by atoms with van der Waals surface area (Å²) in [6.07, 6.45) is 2.57. The van der Waals surface area contributed by atoms with Crippen molar-refractivity contribution in [3.8, 4) is 0 Å². The van der Waals surface area contributed by atoms with E-state index in [4.69, 9.17) is 0 Å². The van der Waals surface area contributed by atoms with Gasteiger partial charge in [-0.1, -0.05) is 19.1 Å². The van der Waals surface area contributed by atoms with Gasteiger partial charge in [0.15, 0.2) is 5.78 Å². The van der Waals surface area contributed by atoms with Crippen molar-refractivity contribution in [3.05, 3.63) is 53.4 Å². The van der Waals surface area contributed by atoms with Gasteiger partial charge in [0.2, 0.25) is 0 Å². The molecule has 4 heteroatoms. The maximum Gasteiger partial charge on any atom is 0.180 e. The first-order valence-corrected chi connectivity index (χ1v) is 5.50. The Morgan fingerprint density at radius 3 is 2.71 bits per heavy atom.